The average Bonchev–Trinajstić information content (AvgIpc) is 2.47. The Labute approximate surface area is 116 Å². The molecule has 0 amide bonds. The van der Waals surface area contributed by atoms with Crippen molar-refractivity contribution in [1.82, 2.24) is 5.32 Å². The van der Waals surface area contributed by atoms with E-state index < -0.39 is 0 Å². The Morgan fingerprint density at radius 3 is 2.74 bits per heavy atom. The molecule has 0 bridgehead atoms. The van der Waals surface area contributed by atoms with Crippen LogP contribution in [0.15, 0.2) is 24.3 Å². The number of fused-ring (bicyclic) bond motifs is 1. The summed E-state index contributed by atoms with van der Waals surface area (Å²) in [5.74, 6) is 1.98. The predicted octanol–water partition coefficient (Wildman–Crippen LogP) is 4.07. The molecule has 1 heterocycles. The zero-order valence-corrected chi connectivity index (χ0v) is 11.9. The average molecular weight is 259 g/mol. The molecule has 0 spiro atoms. The summed E-state index contributed by atoms with van der Waals surface area (Å²) in [7, 11) is 2.06. The van der Waals surface area contributed by atoms with Crippen LogP contribution in [0.1, 0.15) is 56.6 Å². The molecule has 104 valence electrons. The topological polar surface area (TPSA) is 21.3 Å². The van der Waals surface area contributed by atoms with Crippen LogP contribution >= 0.6 is 0 Å². The lowest BCUT2D eigenvalue weighted by Gasteiger charge is -2.34. The monoisotopic (exact) mass is 259 g/mol. The molecule has 1 aliphatic heterocycles. The fourth-order valence-electron chi connectivity index (χ4n) is 3.71. The van der Waals surface area contributed by atoms with Gasteiger partial charge in [0, 0.05) is 18.0 Å². The lowest BCUT2D eigenvalue weighted by atomic mass is 9.83. The normalized spacial score (nSPS) is 27.6. The number of hydrogen-bond acceptors (Lipinski definition) is 2. The van der Waals surface area contributed by atoms with Gasteiger partial charge in [0.05, 0.1) is 0 Å². The maximum Gasteiger partial charge on any atom is 0.124 e. The van der Waals surface area contributed by atoms with E-state index in [1.54, 1.807) is 0 Å². The van der Waals surface area contributed by atoms with Crippen LogP contribution in [-0.2, 0) is 0 Å². The minimum Gasteiger partial charge on any atom is -0.490 e. The van der Waals surface area contributed by atoms with Gasteiger partial charge in [0.1, 0.15) is 11.9 Å². The van der Waals surface area contributed by atoms with Gasteiger partial charge in [-0.1, -0.05) is 50.3 Å². The Kier molecular flexibility index (Phi) is 4.07. The van der Waals surface area contributed by atoms with E-state index in [4.69, 9.17) is 4.74 Å². The van der Waals surface area contributed by atoms with Gasteiger partial charge >= 0.3 is 0 Å². The molecule has 2 unspecified atom stereocenters. The van der Waals surface area contributed by atoms with Crippen molar-refractivity contribution >= 4 is 0 Å². The van der Waals surface area contributed by atoms with Gasteiger partial charge in [0.15, 0.2) is 0 Å². The van der Waals surface area contributed by atoms with E-state index >= 15 is 0 Å². The van der Waals surface area contributed by atoms with Crippen molar-refractivity contribution in [3.8, 4) is 5.75 Å². The molecular formula is C17H25NO. The highest BCUT2D eigenvalue weighted by molar-refractivity contribution is 5.37. The van der Waals surface area contributed by atoms with Crippen LogP contribution in [0.2, 0.25) is 0 Å². The van der Waals surface area contributed by atoms with Gasteiger partial charge in [-0.15, -0.1) is 0 Å². The highest BCUT2D eigenvalue weighted by atomic mass is 16.5. The largest absolute Gasteiger partial charge is 0.490 e. The van der Waals surface area contributed by atoms with E-state index in [1.807, 2.05) is 0 Å². The van der Waals surface area contributed by atoms with Gasteiger partial charge in [-0.3, -0.25) is 0 Å². The molecule has 0 radical (unpaired) electrons. The maximum absolute atomic E-state index is 6.23. The van der Waals surface area contributed by atoms with E-state index in [0.717, 1.165) is 18.1 Å². The standard InChI is InChI=1S/C17H25NO/c1-18-16-12-14(11-13-7-3-2-4-8-13)19-17-10-6-5-9-15(16)17/h5-6,9-10,13-14,16,18H,2-4,7-8,11-12H2,1H3. The first kappa shape index (κ1) is 13.0. The van der Waals surface area contributed by atoms with Crippen LogP contribution in [0, 0.1) is 5.92 Å². The van der Waals surface area contributed by atoms with E-state index in [2.05, 4.69) is 36.6 Å². The van der Waals surface area contributed by atoms with Crippen molar-refractivity contribution in [2.75, 3.05) is 7.05 Å². The van der Waals surface area contributed by atoms with Gasteiger partial charge in [-0.25, -0.2) is 0 Å². The predicted molar refractivity (Wildman–Crippen MR) is 78.5 cm³/mol. The lowest BCUT2D eigenvalue weighted by molar-refractivity contribution is 0.115. The number of nitrogens with one attached hydrogen (secondary N) is 1. The molecular weight excluding hydrogens is 234 g/mol. The Balaban J connectivity index is 1.68. The maximum atomic E-state index is 6.23. The number of rotatable bonds is 3. The summed E-state index contributed by atoms with van der Waals surface area (Å²) in [6, 6.07) is 8.95. The summed E-state index contributed by atoms with van der Waals surface area (Å²) in [6.07, 6.45) is 9.85. The third kappa shape index (κ3) is 2.94. The number of benzene rings is 1. The second-order valence-electron chi connectivity index (χ2n) is 6.09. The first-order valence-corrected chi connectivity index (χ1v) is 7.79. The molecule has 1 aliphatic carbocycles. The number of para-hydroxylation sites is 1. The van der Waals surface area contributed by atoms with Crippen molar-refractivity contribution in [2.24, 2.45) is 5.92 Å². The molecule has 2 nitrogen and oxygen atoms in total. The molecule has 1 N–H and O–H groups in total. The van der Waals surface area contributed by atoms with Crippen LogP contribution in [0.5, 0.6) is 5.75 Å². The fourth-order valence-corrected chi connectivity index (χ4v) is 3.71. The van der Waals surface area contributed by atoms with Crippen molar-refractivity contribution in [3.05, 3.63) is 29.8 Å². The first-order valence-electron chi connectivity index (χ1n) is 7.79. The summed E-state index contributed by atoms with van der Waals surface area (Å²) in [5, 5.41) is 3.45. The summed E-state index contributed by atoms with van der Waals surface area (Å²) in [4.78, 5) is 0. The highest BCUT2D eigenvalue weighted by Gasteiger charge is 2.29. The van der Waals surface area contributed by atoms with Gasteiger partial charge in [-0.05, 0) is 25.5 Å². The van der Waals surface area contributed by atoms with Gasteiger partial charge in [0.25, 0.3) is 0 Å². The number of hydrogen-bond donors (Lipinski definition) is 1. The lowest BCUT2D eigenvalue weighted by Crippen LogP contribution is -2.33. The zero-order chi connectivity index (χ0) is 13.1. The molecule has 1 aromatic rings. The van der Waals surface area contributed by atoms with Gasteiger partial charge < -0.3 is 10.1 Å². The Morgan fingerprint density at radius 2 is 1.95 bits per heavy atom. The third-order valence-electron chi connectivity index (χ3n) is 4.76. The van der Waals surface area contributed by atoms with E-state index in [9.17, 15) is 0 Å². The van der Waals surface area contributed by atoms with Gasteiger partial charge in [-0.2, -0.15) is 0 Å². The molecule has 19 heavy (non-hydrogen) atoms. The minimum absolute atomic E-state index is 0.399. The van der Waals surface area contributed by atoms with Crippen LogP contribution in [-0.4, -0.2) is 13.2 Å². The summed E-state index contributed by atoms with van der Waals surface area (Å²) in [6.45, 7) is 0. The molecule has 0 aromatic heterocycles. The summed E-state index contributed by atoms with van der Waals surface area (Å²) >= 11 is 0. The second kappa shape index (κ2) is 5.96. The van der Waals surface area contributed by atoms with E-state index in [1.165, 1.54) is 44.1 Å². The SMILES string of the molecule is CNC1CC(CC2CCCCC2)Oc2ccccc21. The van der Waals surface area contributed by atoms with Crippen LogP contribution in [0.4, 0.5) is 0 Å². The zero-order valence-electron chi connectivity index (χ0n) is 11.9. The van der Waals surface area contributed by atoms with Crippen LogP contribution in [0.25, 0.3) is 0 Å². The molecule has 0 saturated heterocycles. The van der Waals surface area contributed by atoms with Crippen LogP contribution in [0.3, 0.4) is 0 Å². The molecule has 1 fully saturated rings. The van der Waals surface area contributed by atoms with Crippen molar-refractivity contribution in [1.29, 1.82) is 0 Å². The molecule has 2 aliphatic rings. The summed E-state index contributed by atoms with van der Waals surface area (Å²) < 4.78 is 6.23. The minimum atomic E-state index is 0.399. The van der Waals surface area contributed by atoms with Crippen molar-refractivity contribution < 1.29 is 4.74 Å². The van der Waals surface area contributed by atoms with Gasteiger partial charge in [0.2, 0.25) is 0 Å². The summed E-state index contributed by atoms with van der Waals surface area (Å²) in [5.41, 5.74) is 1.32. The fraction of sp³-hybridized carbons (Fsp3) is 0.647. The first-order chi connectivity index (χ1) is 9.36. The number of ether oxygens (including phenoxy) is 1. The highest BCUT2D eigenvalue weighted by Crippen LogP contribution is 2.38. The molecule has 1 saturated carbocycles. The van der Waals surface area contributed by atoms with Crippen molar-refractivity contribution in [2.45, 2.75) is 57.1 Å². The van der Waals surface area contributed by atoms with Crippen LogP contribution < -0.4 is 10.1 Å². The van der Waals surface area contributed by atoms with E-state index in [0.29, 0.717) is 12.1 Å². The molecule has 3 rings (SSSR count). The quantitative estimate of drug-likeness (QED) is 0.883. The molecule has 2 heteroatoms. The molecule has 1 aromatic carbocycles. The Bertz CT molecular complexity index is 411. The smallest absolute Gasteiger partial charge is 0.124 e. The Morgan fingerprint density at radius 1 is 1.16 bits per heavy atom. The molecule has 2 atom stereocenters. The van der Waals surface area contributed by atoms with Crippen molar-refractivity contribution in [3.63, 3.8) is 0 Å². The van der Waals surface area contributed by atoms with E-state index in [-0.39, 0.29) is 0 Å². The second-order valence-corrected chi connectivity index (χ2v) is 6.09. The Hall–Kier alpha value is -1.02. The third-order valence-corrected chi connectivity index (χ3v) is 4.76.